The van der Waals surface area contributed by atoms with Crippen LogP contribution in [0.3, 0.4) is 0 Å². The summed E-state index contributed by atoms with van der Waals surface area (Å²) >= 11 is 0. The minimum Gasteiger partial charge on any atom is -0.508 e. The summed E-state index contributed by atoms with van der Waals surface area (Å²) in [6.45, 7) is 2.56. The number of nitrogens with zero attached hydrogens (tertiary/aromatic N) is 1. The van der Waals surface area contributed by atoms with Crippen LogP contribution in [0, 0.1) is 0 Å². The molecule has 22 heavy (non-hydrogen) atoms. The van der Waals surface area contributed by atoms with Crippen molar-refractivity contribution in [1.29, 1.82) is 0 Å². The van der Waals surface area contributed by atoms with Crippen LogP contribution in [0.2, 0.25) is 0 Å². The van der Waals surface area contributed by atoms with Crippen molar-refractivity contribution < 1.29 is 24.5 Å². The number of hydrogen-bond donors (Lipinski definition) is 3. The van der Waals surface area contributed by atoms with E-state index in [9.17, 15) is 24.9 Å². The minimum atomic E-state index is -1.01. The minimum absolute atomic E-state index is 0.0578. The van der Waals surface area contributed by atoms with Gasteiger partial charge in [-0.2, -0.15) is 0 Å². The van der Waals surface area contributed by atoms with Crippen LogP contribution in [0.5, 0.6) is 17.4 Å². The van der Waals surface area contributed by atoms with Gasteiger partial charge in [-0.05, 0) is 38.1 Å². The molecule has 0 aliphatic heterocycles. The average molecular weight is 303 g/mol. The van der Waals surface area contributed by atoms with Crippen molar-refractivity contribution in [3.63, 3.8) is 0 Å². The van der Waals surface area contributed by atoms with Gasteiger partial charge in [-0.25, -0.2) is 4.79 Å². The van der Waals surface area contributed by atoms with E-state index in [-0.39, 0.29) is 17.0 Å². The molecule has 0 spiro atoms. The summed E-state index contributed by atoms with van der Waals surface area (Å²) < 4.78 is 4.56. The zero-order valence-electron chi connectivity index (χ0n) is 11.8. The van der Waals surface area contributed by atoms with Crippen molar-refractivity contribution in [3.8, 4) is 17.4 Å². The summed E-state index contributed by atoms with van der Waals surface area (Å²) in [6, 6.07) is 5.83. The van der Waals surface area contributed by atoms with Gasteiger partial charge in [0.1, 0.15) is 22.6 Å². The fourth-order valence-electron chi connectivity index (χ4n) is 1.93. The van der Waals surface area contributed by atoms with Crippen LogP contribution < -0.4 is 5.63 Å². The Kier molecular flexibility index (Phi) is 3.98. The topological polar surface area (TPSA) is 120 Å². The van der Waals surface area contributed by atoms with Gasteiger partial charge in [-0.1, -0.05) is 0 Å². The number of phenolic OH excluding ortho intramolecular Hbond substituents is 1. The van der Waals surface area contributed by atoms with Gasteiger partial charge in [0, 0.05) is 0 Å². The highest BCUT2D eigenvalue weighted by Gasteiger charge is 2.23. The summed E-state index contributed by atoms with van der Waals surface area (Å²) in [6.07, 6.45) is 0. The first-order valence-corrected chi connectivity index (χ1v) is 6.26. The zero-order valence-corrected chi connectivity index (χ0v) is 11.8. The molecule has 3 N–H and O–H groups in total. The molecule has 0 saturated heterocycles. The second-order valence-corrected chi connectivity index (χ2v) is 4.56. The Bertz CT molecular complexity index is 817. The number of aliphatic imine (C=N–C) groups is 1. The molecule has 2 rings (SSSR count). The highest BCUT2D eigenvalue weighted by Crippen LogP contribution is 2.29. The molecule has 0 saturated carbocycles. The molecule has 0 radical (unpaired) electrons. The first-order chi connectivity index (χ1) is 10.3. The number of carbonyl (C=O) groups is 1. The third-order valence-electron chi connectivity index (χ3n) is 2.94. The fraction of sp³-hybridized carbons (Fsp3) is 0.133. The third-order valence-corrected chi connectivity index (χ3v) is 2.94. The van der Waals surface area contributed by atoms with Gasteiger partial charge in [-0.15, -0.1) is 0 Å². The van der Waals surface area contributed by atoms with Crippen molar-refractivity contribution in [2.45, 2.75) is 13.8 Å². The Labute approximate surface area is 124 Å². The van der Waals surface area contributed by atoms with Gasteiger partial charge in [0.25, 0.3) is 5.95 Å². The maximum Gasteiger partial charge on any atom is 0.351 e. The Morgan fingerprint density at radius 1 is 1.05 bits per heavy atom. The summed E-state index contributed by atoms with van der Waals surface area (Å²) in [4.78, 5) is 27.3. The SMILES string of the molecule is CC(=O)c1c(O)oc(=O)c(C(C)=Nc2ccc(O)cc2)c1O. The van der Waals surface area contributed by atoms with E-state index < -0.39 is 28.7 Å². The molecule has 1 aromatic heterocycles. The first-order valence-electron chi connectivity index (χ1n) is 6.26. The van der Waals surface area contributed by atoms with Crippen LogP contribution in [0.1, 0.15) is 29.8 Å². The molecule has 2 aromatic rings. The van der Waals surface area contributed by atoms with E-state index in [4.69, 9.17) is 0 Å². The molecular weight excluding hydrogens is 290 g/mol. The predicted octanol–water partition coefficient (Wildman–Crippen LogP) is 2.10. The summed E-state index contributed by atoms with van der Waals surface area (Å²) in [7, 11) is 0. The number of rotatable bonds is 3. The predicted molar refractivity (Wildman–Crippen MR) is 78.3 cm³/mol. The Morgan fingerprint density at radius 3 is 2.18 bits per heavy atom. The maximum absolute atomic E-state index is 11.8. The largest absolute Gasteiger partial charge is 0.508 e. The Hall–Kier alpha value is -3.09. The van der Waals surface area contributed by atoms with E-state index in [1.165, 1.54) is 31.2 Å². The van der Waals surface area contributed by atoms with Crippen LogP contribution >= 0.6 is 0 Å². The highest BCUT2D eigenvalue weighted by molar-refractivity contribution is 6.07. The van der Waals surface area contributed by atoms with Gasteiger partial charge in [-0.3, -0.25) is 9.79 Å². The number of carbonyl (C=O) groups excluding carboxylic acids is 1. The molecule has 0 aliphatic carbocycles. The molecule has 0 bridgehead atoms. The normalized spacial score (nSPS) is 11.5. The third kappa shape index (κ3) is 2.83. The molecule has 7 nitrogen and oxygen atoms in total. The van der Waals surface area contributed by atoms with Gasteiger partial charge < -0.3 is 19.7 Å². The second kappa shape index (κ2) is 5.72. The molecule has 1 heterocycles. The summed E-state index contributed by atoms with van der Waals surface area (Å²) in [5, 5.41) is 28.7. The summed E-state index contributed by atoms with van der Waals surface area (Å²) in [5.74, 6) is -2.21. The van der Waals surface area contributed by atoms with Crippen LogP contribution in [0.4, 0.5) is 5.69 Å². The molecular formula is C15H13NO6. The Morgan fingerprint density at radius 2 is 1.64 bits per heavy atom. The molecule has 0 fully saturated rings. The van der Waals surface area contributed by atoms with Crippen molar-refractivity contribution >= 4 is 17.2 Å². The van der Waals surface area contributed by atoms with Crippen LogP contribution in [-0.2, 0) is 0 Å². The molecule has 0 atom stereocenters. The number of aromatic hydroxyl groups is 3. The zero-order chi connectivity index (χ0) is 16.4. The molecule has 114 valence electrons. The van der Waals surface area contributed by atoms with Gasteiger partial charge >= 0.3 is 5.63 Å². The number of hydrogen-bond acceptors (Lipinski definition) is 7. The standard InChI is InChI=1S/C15H13NO6/c1-7(16-9-3-5-10(18)6-4-9)11-13(19)12(8(2)17)15(21)22-14(11)20/h3-6,18-19,21H,1-2H3. The molecule has 7 heteroatoms. The Balaban J connectivity index is 2.61. The van der Waals surface area contributed by atoms with E-state index >= 15 is 0 Å². The molecule has 1 aromatic carbocycles. The fourth-order valence-corrected chi connectivity index (χ4v) is 1.93. The number of benzene rings is 1. The lowest BCUT2D eigenvalue weighted by molar-refractivity contribution is 0.100. The van der Waals surface area contributed by atoms with E-state index in [1.54, 1.807) is 0 Å². The maximum atomic E-state index is 11.8. The number of Topliss-reactive ketones (excluding diaryl/α,β-unsaturated/α-hetero) is 1. The van der Waals surface area contributed by atoms with Gasteiger partial charge in [0.2, 0.25) is 0 Å². The highest BCUT2D eigenvalue weighted by atomic mass is 16.5. The van der Waals surface area contributed by atoms with E-state index in [2.05, 4.69) is 9.41 Å². The lowest BCUT2D eigenvalue weighted by atomic mass is 10.1. The molecule has 0 aliphatic rings. The van der Waals surface area contributed by atoms with Crippen molar-refractivity contribution in [3.05, 3.63) is 45.8 Å². The monoisotopic (exact) mass is 303 g/mol. The van der Waals surface area contributed by atoms with Crippen molar-refractivity contribution in [2.75, 3.05) is 0 Å². The lowest BCUT2D eigenvalue weighted by Crippen LogP contribution is -2.15. The summed E-state index contributed by atoms with van der Waals surface area (Å²) in [5.41, 5.74) is -1.28. The number of phenols is 1. The average Bonchev–Trinajstić information content (AvgIpc) is 2.40. The van der Waals surface area contributed by atoms with E-state index in [1.807, 2.05) is 0 Å². The quantitative estimate of drug-likeness (QED) is 0.590. The smallest absolute Gasteiger partial charge is 0.351 e. The van der Waals surface area contributed by atoms with Crippen LogP contribution in [0.15, 0.2) is 38.5 Å². The first kappa shape index (κ1) is 15.3. The molecule has 0 unspecified atom stereocenters. The van der Waals surface area contributed by atoms with Gasteiger partial charge in [0.05, 0.1) is 11.4 Å². The van der Waals surface area contributed by atoms with Gasteiger partial charge in [0.15, 0.2) is 5.78 Å². The van der Waals surface area contributed by atoms with E-state index in [0.29, 0.717) is 5.69 Å². The lowest BCUT2D eigenvalue weighted by Gasteiger charge is -2.07. The van der Waals surface area contributed by atoms with E-state index in [0.717, 1.165) is 6.92 Å². The number of ketones is 1. The second-order valence-electron chi connectivity index (χ2n) is 4.56. The molecule has 0 amide bonds. The van der Waals surface area contributed by atoms with Crippen LogP contribution in [0.25, 0.3) is 0 Å². The van der Waals surface area contributed by atoms with Crippen molar-refractivity contribution in [1.82, 2.24) is 0 Å². The van der Waals surface area contributed by atoms with Crippen LogP contribution in [-0.4, -0.2) is 26.8 Å². The van der Waals surface area contributed by atoms with Crippen molar-refractivity contribution in [2.24, 2.45) is 4.99 Å².